The zero-order valence-corrected chi connectivity index (χ0v) is 14.1. The van der Waals surface area contributed by atoms with E-state index in [0.29, 0.717) is 13.1 Å². The van der Waals surface area contributed by atoms with Gasteiger partial charge in [-0.25, -0.2) is 0 Å². The molecule has 0 spiro atoms. The molecule has 0 aromatic heterocycles. The van der Waals surface area contributed by atoms with Crippen LogP contribution in [-0.4, -0.2) is 50.5 Å². The van der Waals surface area contributed by atoms with Crippen LogP contribution in [0.5, 0.6) is 0 Å². The summed E-state index contributed by atoms with van der Waals surface area (Å²) in [7, 11) is 3.82. The molecule has 21 heavy (non-hydrogen) atoms. The molecule has 0 saturated carbocycles. The van der Waals surface area contributed by atoms with Gasteiger partial charge in [0.05, 0.1) is 0 Å². The molecule has 0 aliphatic rings. The molecule has 122 valence electrons. The van der Waals surface area contributed by atoms with Crippen molar-refractivity contribution in [2.24, 2.45) is 10.9 Å². The van der Waals surface area contributed by atoms with Crippen molar-refractivity contribution in [3.63, 3.8) is 0 Å². The van der Waals surface area contributed by atoms with Crippen LogP contribution in [-0.2, 0) is 4.79 Å². The van der Waals surface area contributed by atoms with Crippen molar-refractivity contribution < 1.29 is 4.79 Å². The standard InChI is InChI=1S/C16H32N4O/c1-6-7-8-9-10-13-20(5)16(17-4)19-12-11-18-15(21)14(2)3/h6,14H,1,7-13H2,2-5H3,(H,17,19)(H,18,21). The largest absolute Gasteiger partial charge is 0.354 e. The number of nitrogens with zero attached hydrogens (tertiary/aromatic N) is 2. The van der Waals surface area contributed by atoms with Gasteiger partial charge < -0.3 is 15.5 Å². The van der Waals surface area contributed by atoms with Crippen LogP contribution < -0.4 is 10.6 Å². The number of guanidine groups is 1. The normalized spacial score (nSPS) is 11.4. The topological polar surface area (TPSA) is 56.7 Å². The quantitative estimate of drug-likeness (QED) is 0.281. The Morgan fingerprint density at radius 2 is 1.90 bits per heavy atom. The van der Waals surface area contributed by atoms with E-state index in [4.69, 9.17) is 0 Å². The molecule has 0 rings (SSSR count). The molecule has 0 aromatic carbocycles. The van der Waals surface area contributed by atoms with Crippen LogP contribution in [0.3, 0.4) is 0 Å². The molecule has 0 heterocycles. The summed E-state index contributed by atoms with van der Waals surface area (Å²) in [5.41, 5.74) is 0. The molecule has 0 fully saturated rings. The molecule has 0 saturated heterocycles. The van der Waals surface area contributed by atoms with Crippen LogP contribution in [0.1, 0.15) is 39.5 Å². The summed E-state index contributed by atoms with van der Waals surface area (Å²) in [6.07, 6.45) is 6.61. The van der Waals surface area contributed by atoms with E-state index in [1.165, 1.54) is 12.8 Å². The molecule has 5 nitrogen and oxygen atoms in total. The first-order valence-electron chi connectivity index (χ1n) is 7.83. The zero-order chi connectivity index (χ0) is 16.1. The molecule has 0 bridgehead atoms. The monoisotopic (exact) mass is 296 g/mol. The predicted octanol–water partition coefficient (Wildman–Crippen LogP) is 2.01. The number of allylic oxidation sites excluding steroid dienone is 1. The number of carbonyl (C=O) groups is 1. The smallest absolute Gasteiger partial charge is 0.222 e. The molecule has 0 unspecified atom stereocenters. The Labute approximate surface area is 129 Å². The Kier molecular flexibility index (Phi) is 11.4. The fourth-order valence-electron chi connectivity index (χ4n) is 1.87. The summed E-state index contributed by atoms with van der Waals surface area (Å²) in [6, 6.07) is 0. The highest BCUT2D eigenvalue weighted by Gasteiger charge is 2.07. The van der Waals surface area contributed by atoms with Crippen molar-refractivity contribution in [1.29, 1.82) is 0 Å². The van der Waals surface area contributed by atoms with Gasteiger partial charge in [-0.3, -0.25) is 9.79 Å². The first kappa shape index (κ1) is 19.5. The number of hydrogen-bond acceptors (Lipinski definition) is 2. The Morgan fingerprint density at radius 1 is 1.24 bits per heavy atom. The number of rotatable bonds is 10. The van der Waals surface area contributed by atoms with Crippen molar-refractivity contribution in [3.8, 4) is 0 Å². The average molecular weight is 296 g/mol. The van der Waals surface area contributed by atoms with Gasteiger partial charge in [-0.2, -0.15) is 0 Å². The van der Waals surface area contributed by atoms with Crippen LogP contribution in [0.4, 0.5) is 0 Å². The van der Waals surface area contributed by atoms with E-state index >= 15 is 0 Å². The van der Waals surface area contributed by atoms with Crippen molar-refractivity contribution in [2.45, 2.75) is 39.5 Å². The second kappa shape index (κ2) is 12.2. The van der Waals surface area contributed by atoms with E-state index in [9.17, 15) is 4.79 Å². The van der Waals surface area contributed by atoms with E-state index in [-0.39, 0.29) is 11.8 Å². The molecular weight excluding hydrogens is 264 g/mol. The van der Waals surface area contributed by atoms with Gasteiger partial charge in [0.2, 0.25) is 5.91 Å². The minimum Gasteiger partial charge on any atom is -0.354 e. The van der Waals surface area contributed by atoms with Crippen LogP contribution >= 0.6 is 0 Å². The number of hydrogen-bond donors (Lipinski definition) is 2. The van der Waals surface area contributed by atoms with Crippen LogP contribution in [0.15, 0.2) is 17.6 Å². The summed E-state index contributed by atoms with van der Waals surface area (Å²) in [6.45, 7) is 9.79. The molecule has 0 aliphatic heterocycles. The van der Waals surface area contributed by atoms with Gasteiger partial charge in [0.1, 0.15) is 0 Å². The highest BCUT2D eigenvalue weighted by Crippen LogP contribution is 2.01. The third-order valence-corrected chi connectivity index (χ3v) is 3.21. The van der Waals surface area contributed by atoms with Gasteiger partial charge in [-0.15, -0.1) is 6.58 Å². The highest BCUT2D eigenvalue weighted by atomic mass is 16.1. The van der Waals surface area contributed by atoms with Crippen molar-refractivity contribution in [2.75, 3.05) is 33.7 Å². The van der Waals surface area contributed by atoms with Crippen LogP contribution in [0.25, 0.3) is 0 Å². The predicted molar refractivity (Wildman–Crippen MR) is 90.5 cm³/mol. The fraction of sp³-hybridized carbons (Fsp3) is 0.750. The van der Waals surface area contributed by atoms with Crippen LogP contribution in [0.2, 0.25) is 0 Å². The lowest BCUT2D eigenvalue weighted by Gasteiger charge is -2.22. The minimum absolute atomic E-state index is 0.0301. The van der Waals surface area contributed by atoms with Gasteiger partial charge in [0.25, 0.3) is 0 Å². The van der Waals surface area contributed by atoms with E-state index < -0.39 is 0 Å². The van der Waals surface area contributed by atoms with Crippen molar-refractivity contribution >= 4 is 11.9 Å². The molecule has 5 heteroatoms. The van der Waals surface area contributed by atoms with E-state index in [1.807, 2.05) is 27.0 Å². The molecule has 0 radical (unpaired) electrons. The lowest BCUT2D eigenvalue weighted by molar-refractivity contribution is -0.123. The van der Waals surface area contributed by atoms with E-state index in [2.05, 4.69) is 27.1 Å². The second-order valence-electron chi connectivity index (χ2n) is 5.48. The van der Waals surface area contributed by atoms with E-state index in [1.54, 1.807) is 7.05 Å². The summed E-state index contributed by atoms with van der Waals surface area (Å²) < 4.78 is 0. The number of unbranched alkanes of at least 4 members (excludes halogenated alkanes) is 3. The first-order chi connectivity index (χ1) is 10.0. The van der Waals surface area contributed by atoms with E-state index in [0.717, 1.165) is 25.3 Å². The lowest BCUT2D eigenvalue weighted by Crippen LogP contribution is -2.43. The molecule has 2 N–H and O–H groups in total. The minimum atomic E-state index is 0.0301. The number of nitrogens with one attached hydrogen (secondary N) is 2. The maximum absolute atomic E-state index is 11.4. The molecule has 0 aromatic rings. The Morgan fingerprint density at radius 3 is 2.48 bits per heavy atom. The number of carbonyl (C=O) groups excluding carboxylic acids is 1. The number of amides is 1. The molecule has 1 amide bonds. The third-order valence-electron chi connectivity index (χ3n) is 3.21. The fourth-order valence-corrected chi connectivity index (χ4v) is 1.87. The average Bonchev–Trinajstić information content (AvgIpc) is 2.46. The highest BCUT2D eigenvalue weighted by molar-refractivity contribution is 5.80. The van der Waals surface area contributed by atoms with Gasteiger partial charge >= 0.3 is 0 Å². The van der Waals surface area contributed by atoms with Gasteiger partial charge in [0, 0.05) is 39.6 Å². The molecular formula is C16H32N4O. The van der Waals surface area contributed by atoms with Crippen molar-refractivity contribution in [1.82, 2.24) is 15.5 Å². The molecule has 0 aliphatic carbocycles. The lowest BCUT2D eigenvalue weighted by atomic mass is 10.2. The van der Waals surface area contributed by atoms with Gasteiger partial charge in [-0.1, -0.05) is 26.3 Å². The first-order valence-corrected chi connectivity index (χ1v) is 7.83. The Balaban J connectivity index is 3.83. The SMILES string of the molecule is C=CCCCCCN(C)C(=NC)NCCNC(=O)C(C)C. The Hall–Kier alpha value is -1.52. The number of aliphatic imine (C=N–C) groups is 1. The maximum Gasteiger partial charge on any atom is 0.222 e. The van der Waals surface area contributed by atoms with Gasteiger partial charge in [0.15, 0.2) is 5.96 Å². The third kappa shape index (κ3) is 9.93. The Bertz CT molecular complexity index is 326. The zero-order valence-electron chi connectivity index (χ0n) is 14.1. The second-order valence-corrected chi connectivity index (χ2v) is 5.48. The molecule has 0 atom stereocenters. The summed E-state index contributed by atoms with van der Waals surface area (Å²) in [4.78, 5) is 17.8. The van der Waals surface area contributed by atoms with Crippen LogP contribution in [0, 0.1) is 5.92 Å². The summed E-state index contributed by atoms with van der Waals surface area (Å²) in [5, 5.41) is 6.14. The van der Waals surface area contributed by atoms with Gasteiger partial charge in [-0.05, 0) is 19.3 Å². The van der Waals surface area contributed by atoms with Crippen molar-refractivity contribution in [3.05, 3.63) is 12.7 Å². The summed E-state index contributed by atoms with van der Waals surface area (Å²) in [5.74, 6) is 0.988. The summed E-state index contributed by atoms with van der Waals surface area (Å²) >= 11 is 0. The maximum atomic E-state index is 11.4.